The van der Waals surface area contributed by atoms with Gasteiger partial charge in [-0.3, -0.25) is 9.59 Å². The van der Waals surface area contributed by atoms with Crippen LogP contribution in [0.4, 0.5) is 0 Å². The van der Waals surface area contributed by atoms with Crippen molar-refractivity contribution in [2.45, 2.75) is 38.0 Å². The maximum atomic E-state index is 12.7. The molecule has 1 aliphatic heterocycles. The minimum absolute atomic E-state index is 0.124. The molecule has 0 aromatic heterocycles. The Labute approximate surface area is 150 Å². The number of carboxylic acids is 1. The molecular formula is C16H19Cl2NO5. The Bertz CT molecular complexity index is 604. The molecular weight excluding hydrogens is 357 g/mol. The van der Waals surface area contributed by atoms with E-state index in [0.29, 0.717) is 28.8 Å². The van der Waals surface area contributed by atoms with E-state index < -0.39 is 18.1 Å². The predicted octanol–water partition coefficient (Wildman–Crippen LogP) is 2.85. The van der Waals surface area contributed by atoms with Crippen LogP contribution < -0.4 is 4.74 Å². The molecule has 1 aliphatic rings. The Kier molecular flexibility index (Phi) is 6.32. The summed E-state index contributed by atoms with van der Waals surface area (Å²) < 4.78 is 10.9. The lowest BCUT2D eigenvalue weighted by atomic mass is 10.1. The van der Waals surface area contributed by atoms with E-state index in [1.54, 1.807) is 32.2 Å². The van der Waals surface area contributed by atoms with Gasteiger partial charge in [-0.1, -0.05) is 23.2 Å². The van der Waals surface area contributed by atoms with Crippen molar-refractivity contribution >= 4 is 35.1 Å². The number of hydrogen-bond acceptors (Lipinski definition) is 4. The van der Waals surface area contributed by atoms with E-state index >= 15 is 0 Å². The van der Waals surface area contributed by atoms with Crippen molar-refractivity contribution in [1.82, 2.24) is 4.90 Å². The summed E-state index contributed by atoms with van der Waals surface area (Å²) in [5, 5.41) is 9.84. The molecule has 2 rings (SSSR count). The van der Waals surface area contributed by atoms with Gasteiger partial charge in [0.2, 0.25) is 0 Å². The predicted molar refractivity (Wildman–Crippen MR) is 89.7 cm³/mol. The van der Waals surface area contributed by atoms with Gasteiger partial charge in [-0.25, -0.2) is 0 Å². The number of halogens is 2. The number of carbonyl (C=O) groups excluding carboxylic acids is 1. The van der Waals surface area contributed by atoms with Crippen molar-refractivity contribution < 1.29 is 24.2 Å². The maximum Gasteiger partial charge on any atom is 0.305 e. The van der Waals surface area contributed by atoms with Crippen molar-refractivity contribution in [3.8, 4) is 5.75 Å². The first-order valence-corrected chi connectivity index (χ1v) is 8.23. The highest BCUT2D eigenvalue weighted by atomic mass is 35.5. The van der Waals surface area contributed by atoms with Gasteiger partial charge in [0.1, 0.15) is 5.75 Å². The van der Waals surface area contributed by atoms with E-state index in [2.05, 4.69) is 0 Å². The smallest absolute Gasteiger partial charge is 0.305 e. The van der Waals surface area contributed by atoms with E-state index in [1.165, 1.54) is 4.90 Å². The second kappa shape index (κ2) is 8.05. The number of methoxy groups -OCH3 is 1. The molecule has 0 bridgehead atoms. The summed E-state index contributed by atoms with van der Waals surface area (Å²) >= 11 is 11.8. The zero-order chi connectivity index (χ0) is 17.9. The van der Waals surface area contributed by atoms with E-state index in [1.807, 2.05) is 0 Å². The molecule has 0 radical (unpaired) electrons. The van der Waals surface area contributed by atoms with Gasteiger partial charge in [0.25, 0.3) is 5.91 Å². The molecule has 0 aliphatic carbocycles. The Morgan fingerprint density at radius 1 is 1.33 bits per heavy atom. The van der Waals surface area contributed by atoms with Crippen LogP contribution in [0, 0.1) is 0 Å². The lowest BCUT2D eigenvalue weighted by Crippen LogP contribution is -2.44. The number of nitrogens with zero attached hydrogens (tertiary/aromatic N) is 1. The Hall–Kier alpha value is -1.50. The molecule has 1 aromatic carbocycles. The number of aliphatic carboxylic acids is 1. The van der Waals surface area contributed by atoms with Gasteiger partial charge in [-0.2, -0.15) is 0 Å². The van der Waals surface area contributed by atoms with E-state index in [0.717, 1.165) is 0 Å². The summed E-state index contributed by atoms with van der Waals surface area (Å²) in [6, 6.07) is 4.28. The number of carboxylic acid groups (broad SMARTS) is 1. The molecule has 8 heteroatoms. The van der Waals surface area contributed by atoms with Gasteiger partial charge < -0.3 is 19.5 Å². The van der Waals surface area contributed by atoms with Crippen molar-refractivity contribution in [2.75, 3.05) is 13.7 Å². The summed E-state index contributed by atoms with van der Waals surface area (Å²) in [4.78, 5) is 25.2. The van der Waals surface area contributed by atoms with Crippen LogP contribution in [0.15, 0.2) is 18.2 Å². The average molecular weight is 376 g/mol. The van der Waals surface area contributed by atoms with Crippen molar-refractivity contribution in [2.24, 2.45) is 0 Å². The number of rotatable bonds is 6. The summed E-state index contributed by atoms with van der Waals surface area (Å²) in [5.41, 5.74) is 0. The number of likely N-dealkylation sites (tertiary alicyclic amines) is 1. The first kappa shape index (κ1) is 18.8. The number of ether oxygens (including phenoxy) is 2. The van der Waals surface area contributed by atoms with Crippen LogP contribution in [0.25, 0.3) is 0 Å². The van der Waals surface area contributed by atoms with Crippen LogP contribution in [0.2, 0.25) is 10.0 Å². The van der Waals surface area contributed by atoms with Gasteiger partial charge in [-0.15, -0.1) is 0 Å². The zero-order valence-corrected chi connectivity index (χ0v) is 14.9. The number of amides is 1. The SMILES string of the molecule is COC1CC(CC(=O)O)N(C(=O)C(C)Oc2cc(Cl)cc(Cl)c2)C1. The topological polar surface area (TPSA) is 76.1 Å². The molecule has 1 N–H and O–H groups in total. The first-order valence-electron chi connectivity index (χ1n) is 7.48. The number of hydrogen-bond donors (Lipinski definition) is 1. The fraction of sp³-hybridized carbons (Fsp3) is 0.500. The van der Waals surface area contributed by atoms with Crippen molar-refractivity contribution in [1.29, 1.82) is 0 Å². The van der Waals surface area contributed by atoms with Crippen molar-refractivity contribution in [3.63, 3.8) is 0 Å². The van der Waals surface area contributed by atoms with Crippen LogP contribution in [-0.4, -0.2) is 53.8 Å². The molecule has 24 heavy (non-hydrogen) atoms. The Morgan fingerprint density at radius 2 is 1.96 bits per heavy atom. The van der Waals surface area contributed by atoms with Crippen LogP contribution >= 0.6 is 23.2 Å². The van der Waals surface area contributed by atoms with Gasteiger partial charge >= 0.3 is 5.97 Å². The third-order valence-electron chi connectivity index (χ3n) is 3.90. The molecule has 1 heterocycles. The lowest BCUT2D eigenvalue weighted by Gasteiger charge is -2.26. The van der Waals surface area contributed by atoms with E-state index in [-0.39, 0.29) is 18.4 Å². The van der Waals surface area contributed by atoms with Crippen LogP contribution in [-0.2, 0) is 14.3 Å². The molecule has 3 unspecified atom stereocenters. The normalized spacial score (nSPS) is 21.6. The van der Waals surface area contributed by atoms with Gasteiger partial charge in [0, 0.05) is 29.7 Å². The lowest BCUT2D eigenvalue weighted by molar-refractivity contribution is -0.142. The molecule has 3 atom stereocenters. The van der Waals surface area contributed by atoms with Crippen LogP contribution in [0.3, 0.4) is 0 Å². The van der Waals surface area contributed by atoms with Gasteiger partial charge in [-0.05, 0) is 31.5 Å². The zero-order valence-electron chi connectivity index (χ0n) is 13.4. The Balaban J connectivity index is 2.08. The van der Waals surface area contributed by atoms with E-state index in [9.17, 15) is 9.59 Å². The summed E-state index contributed by atoms with van der Waals surface area (Å²) in [6.07, 6.45) is -0.608. The quantitative estimate of drug-likeness (QED) is 0.826. The number of benzene rings is 1. The van der Waals surface area contributed by atoms with E-state index in [4.69, 9.17) is 37.8 Å². The third-order valence-corrected chi connectivity index (χ3v) is 4.34. The summed E-state index contributed by atoms with van der Waals surface area (Å²) in [6.45, 7) is 1.95. The highest BCUT2D eigenvalue weighted by Crippen LogP contribution is 2.27. The summed E-state index contributed by atoms with van der Waals surface area (Å²) in [7, 11) is 1.55. The highest BCUT2D eigenvalue weighted by Gasteiger charge is 2.38. The highest BCUT2D eigenvalue weighted by molar-refractivity contribution is 6.34. The minimum atomic E-state index is -0.954. The fourth-order valence-corrected chi connectivity index (χ4v) is 3.30. The number of carbonyl (C=O) groups is 2. The molecule has 1 aromatic rings. The van der Waals surface area contributed by atoms with Crippen LogP contribution in [0.1, 0.15) is 19.8 Å². The molecule has 132 valence electrons. The molecule has 1 fully saturated rings. The monoisotopic (exact) mass is 375 g/mol. The maximum absolute atomic E-state index is 12.7. The summed E-state index contributed by atoms with van der Waals surface area (Å²) in [5.74, 6) is -0.868. The molecule has 1 amide bonds. The standard InChI is InChI=1S/C16H19Cl2NO5/c1-9(24-13-4-10(17)3-11(18)5-13)16(22)19-8-14(23-2)6-12(19)7-15(20)21/h3-5,9,12,14H,6-8H2,1-2H3,(H,20,21). The second-order valence-electron chi connectivity index (χ2n) is 5.70. The second-order valence-corrected chi connectivity index (χ2v) is 6.57. The first-order chi connectivity index (χ1) is 11.3. The molecule has 1 saturated heterocycles. The van der Waals surface area contributed by atoms with Gasteiger partial charge in [0.05, 0.1) is 12.5 Å². The third kappa shape index (κ3) is 4.75. The average Bonchev–Trinajstić information content (AvgIpc) is 2.87. The molecule has 6 nitrogen and oxygen atoms in total. The van der Waals surface area contributed by atoms with Crippen LogP contribution in [0.5, 0.6) is 5.75 Å². The molecule has 0 saturated carbocycles. The van der Waals surface area contributed by atoms with Crippen molar-refractivity contribution in [3.05, 3.63) is 28.2 Å². The molecule has 0 spiro atoms. The van der Waals surface area contributed by atoms with Gasteiger partial charge in [0.15, 0.2) is 6.10 Å². The minimum Gasteiger partial charge on any atom is -0.481 e. The largest absolute Gasteiger partial charge is 0.481 e. The fourth-order valence-electron chi connectivity index (χ4n) is 2.79. The Morgan fingerprint density at radius 3 is 2.50 bits per heavy atom.